The molecule has 2 aromatic rings. The van der Waals surface area contributed by atoms with Crippen LogP contribution in [0, 0.1) is 11.3 Å². The summed E-state index contributed by atoms with van der Waals surface area (Å²) in [6.07, 6.45) is 0.431. The van der Waals surface area contributed by atoms with Gasteiger partial charge in [0, 0.05) is 0 Å². The maximum atomic E-state index is 11.9. The molecule has 1 aromatic carbocycles. The molecule has 0 N–H and O–H groups in total. The molecule has 0 atom stereocenters. The Morgan fingerprint density at radius 1 is 1.20 bits per heavy atom. The van der Waals surface area contributed by atoms with Crippen molar-refractivity contribution in [3.63, 3.8) is 0 Å². The summed E-state index contributed by atoms with van der Waals surface area (Å²) < 4.78 is 29.7. The lowest BCUT2D eigenvalue weighted by atomic mass is 10.2. The van der Waals surface area contributed by atoms with E-state index in [9.17, 15) is 8.42 Å². The van der Waals surface area contributed by atoms with Gasteiger partial charge in [-0.25, -0.2) is 8.42 Å². The minimum atomic E-state index is -3.19. The molecule has 1 heterocycles. The predicted molar refractivity (Wildman–Crippen MR) is 77.6 cm³/mol. The number of thiophene rings is 1. The number of sulfone groups is 1. The van der Waals surface area contributed by atoms with Crippen LogP contribution in [0.2, 0.25) is 0 Å². The van der Waals surface area contributed by atoms with Crippen LogP contribution >= 0.6 is 11.3 Å². The van der Waals surface area contributed by atoms with Crippen LogP contribution in [-0.2, 0) is 9.84 Å². The highest BCUT2D eigenvalue weighted by Crippen LogP contribution is 2.18. The van der Waals surface area contributed by atoms with Crippen molar-refractivity contribution >= 4 is 21.2 Å². The van der Waals surface area contributed by atoms with Gasteiger partial charge in [0.25, 0.3) is 0 Å². The predicted octanol–water partition coefficient (Wildman–Crippen LogP) is 2.86. The molecule has 0 aliphatic heterocycles. The summed E-state index contributed by atoms with van der Waals surface area (Å²) in [5, 5.41) is 10.4. The number of hydrogen-bond acceptors (Lipinski definition) is 5. The Morgan fingerprint density at radius 2 is 1.95 bits per heavy atom. The molecule has 4 nitrogen and oxygen atoms in total. The molecule has 2 rings (SSSR count). The topological polar surface area (TPSA) is 67.2 Å². The Bertz CT molecular complexity index is 683. The van der Waals surface area contributed by atoms with Crippen LogP contribution in [-0.4, -0.2) is 20.8 Å². The highest BCUT2D eigenvalue weighted by molar-refractivity contribution is 7.93. The van der Waals surface area contributed by atoms with E-state index in [-0.39, 0.29) is 5.75 Å². The molecule has 6 heteroatoms. The van der Waals surface area contributed by atoms with Crippen molar-refractivity contribution in [2.45, 2.75) is 10.6 Å². The zero-order valence-corrected chi connectivity index (χ0v) is 12.3. The Morgan fingerprint density at radius 3 is 2.55 bits per heavy atom. The molecule has 0 saturated heterocycles. The van der Waals surface area contributed by atoms with Gasteiger partial charge in [0.15, 0.2) is 9.84 Å². The fourth-order valence-corrected chi connectivity index (χ4v) is 4.04. The van der Waals surface area contributed by atoms with E-state index in [1.54, 1.807) is 41.8 Å². The summed E-state index contributed by atoms with van der Waals surface area (Å²) >= 11 is 1.23. The van der Waals surface area contributed by atoms with Gasteiger partial charge < -0.3 is 4.74 Å². The van der Waals surface area contributed by atoms with Crippen LogP contribution in [0.15, 0.2) is 46.0 Å². The number of hydrogen-bond donors (Lipinski definition) is 0. The molecule has 0 aliphatic carbocycles. The lowest BCUT2D eigenvalue weighted by Gasteiger charge is -2.06. The summed E-state index contributed by atoms with van der Waals surface area (Å²) in [4.78, 5) is 0. The molecule has 0 fully saturated rings. The second kappa shape index (κ2) is 6.55. The standard InChI is InChI=1S/C14H13NO3S2/c15-11-12-4-6-13(7-5-12)18-8-2-10-20(16,17)14-3-1-9-19-14/h1,3-7,9H,2,8,10H2. The minimum Gasteiger partial charge on any atom is -0.494 e. The quantitative estimate of drug-likeness (QED) is 0.770. The molecule has 0 aliphatic rings. The van der Waals surface area contributed by atoms with Crippen LogP contribution < -0.4 is 4.74 Å². The Kier molecular flexibility index (Phi) is 4.77. The van der Waals surface area contributed by atoms with Crippen LogP contribution in [0.5, 0.6) is 5.75 Å². The maximum Gasteiger partial charge on any atom is 0.187 e. The first-order chi connectivity index (χ1) is 9.62. The van der Waals surface area contributed by atoms with Gasteiger partial charge in [0.2, 0.25) is 0 Å². The molecule has 0 spiro atoms. The summed E-state index contributed by atoms with van der Waals surface area (Å²) in [6.45, 7) is 0.330. The van der Waals surface area contributed by atoms with Crippen molar-refractivity contribution in [2.24, 2.45) is 0 Å². The number of rotatable bonds is 6. The van der Waals surface area contributed by atoms with Crippen LogP contribution in [0.4, 0.5) is 0 Å². The first-order valence-electron chi connectivity index (χ1n) is 6.01. The van der Waals surface area contributed by atoms with E-state index in [0.717, 1.165) is 0 Å². The van der Waals surface area contributed by atoms with Crippen molar-refractivity contribution in [3.8, 4) is 11.8 Å². The van der Waals surface area contributed by atoms with Gasteiger partial charge in [0.05, 0.1) is 24.0 Å². The second-order valence-electron chi connectivity index (χ2n) is 4.09. The summed E-state index contributed by atoms with van der Waals surface area (Å²) in [7, 11) is -3.19. The van der Waals surface area contributed by atoms with Gasteiger partial charge in [-0.15, -0.1) is 11.3 Å². The van der Waals surface area contributed by atoms with Crippen molar-refractivity contribution in [1.29, 1.82) is 5.26 Å². The van der Waals surface area contributed by atoms with Crippen molar-refractivity contribution in [1.82, 2.24) is 0 Å². The second-order valence-corrected chi connectivity index (χ2v) is 7.37. The lowest BCUT2D eigenvalue weighted by molar-refractivity contribution is 0.317. The number of benzene rings is 1. The maximum absolute atomic E-state index is 11.9. The lowest BCUT2D eigenvalue weighted by Crippen LogP contribution is -2.09. The normalized spacial score (nSPS) is 10.9. The van der Waals surface area contributed by atoms with Gasteiger partial charge in [-0.1, -0.05) is 6.07 Å². The van der Waals surface area contributed by atoms with Crippen LogP contribution in [0.1, 0.15) is 12.0 Å². The van der Waals surface area contributed by atoms with E-state index < -0.39 is 9.84 Å². The summed E-state index contributed by atoms with van der Waals surface area (Å²) in [6, 6.07) is 12.1. The van der Waals surface area contributed by atoms with E-state index >= 15 is 0 Å². The van der Waals surface area contributed by atoms with Gasteiger partial charge >= 0.3 is 0 Å². The number of nitrogens with zero attached hydrogens (tertiary/aromatic N) is 1. The number of nitriles is 1. The SMILES string of the molecule is N#Cc1ccc(OCCCS(=O)(=O)c2cccs2)cc1. The monoisotopic (exact) mass is 307 g/mol. The third kappa shape index (κ3) is 3.83. The molecule has 0 amide bonds. The van der Waals surface area contributed by atoms with Crippen molar-refractivity contribution < 1.29 is 13.2 Å². The largest absolute Gasteiger partial charge is 0.494 e. The highest BCUT2D eigenvalue weighted by atomic mass is 32.2. The van der Waals surface area contributed by atoms with Crippen LogP contribution in [0.3, 0.4) is 0 Å². The average molecular weight is 307 g/mol. The fourth-order valence-electron chi connectivity index (χ4n) is 1.61. The molecule has 20 heavy (non-hydrogen) atoms. The fraction of sp³-hybridized carbons (Fsp3) is 0.214. The van der Waals surface area contributed by atoms with E-state index in [1.165, 1.54) is 11.3 Å². The third-order valence-electron chi connectivity index (χ3n) is 2.61. The van der Waals surface area contributed by atoms with Crippen LogP contribution in [0.25, 0.3) is 0 Å². The van der Waals surface area contributed by atoms with E-state index in [0.29, 0.717) is 28.5 Å². The van der Waals surface area contributed by atoms with Gasteiger partial charge in [-0.2, -0.15) is 5.26 Å². The third-order valence-corrected chi connectivity index (χ3v) is 5.90. The average Bonchev–Trinajstić information content (AvgIpc) is 2.99. The molecule has 1 aromatic heterocycles. The van der Waals surface area contributed by atoms with Gasteiger partial charge in [-0.05, 0) is 42.1 Å². The van der Waals surface area contributed by atoms with Crippen molar-refractivity contribution in [2.75, 3.05) is 12.4 Å². The zero-order valence-electron chi connectivity index (χ0n) is 10.7. The van der Waals surface area contributed by atoms with Crippen molar-refractivity contribution in [3.05, 3.63) is 47.3 Å². The van der Waals surface area contributed by atoms with E-state index in [1.807, 2.05) is 6.07 Å². The molecule has 0 saturated carbocycles. The molecular weight excluding hydrogens is 294 g/mol. The molecule has 0 bridgehead atoms. The Labute approximate surface area is 122 Å². The minimum absolute atomic E-state index is 0.0732. The highest BCUT2D eigenvalue weighted by Gasteiger charge is 2.14. The van der Waals surface area contributed by atoms with E-state index in [4.69, 9.17) is 10.00 Å². The smallest absolute Gasteiger partial charge is 0.187 e. The van der Waals surface area contributed by atoms with Gasteiger partial charge in [0.1, 0.15) is 9.96 Å². The first-order valence-corrected chi connectivity index (χ1v) is 8.54. The molecule has 104 valence electrons. The Hall–Kier alpha value is -1.84. The summed E-state index contributed by atoms with van der Waals surface area (Å²) in [5.74, 6) is 0.710. The number of ether oxygens (including phenoxy) is 1. The van der Waals surface area contributed by atoms with Gasteiger partial charge in [-0.3, -0.25) is 0 Å². The van der Waals surface area contributed by atoms with E-state index in [2.05, 4.69) is 0 Å². The molecular formula is C14H13NO3S2. The molecule has 0 radical (unpaired) electrons. The molecule has 0 unspecified atom stereocenters. The summed E-state index contributed by atoms with van der Waals surface area (Å²) in [5.41, 5.74) is 0.567. The zero-order chi connectivity index (χ0) is 14.4. The first kappa shape index (κ1) is 14.6. The Balaban J connectivity index is 1.80.